The molecule has 0 fully saturated rings. The second-order valence-electron chi connectivity index (χ2n) is 14.5. The SMILES string of the molecule is C=C(/C=C/C=C/C=C1/N(C)c2ccccc2C1(Cc1ccccc1)Cc1ccccc1)C(Cc1ccccc1)(Cc1ccccc1)c1ccccc1C. The zero-order chi connectivity index (χ0) is 36.5. The maximum atomic E-state index is 4.82. The Morgan fingerprint density at radius 2 is 1.04 bits per heavy atom. The minimum absolute atomic E-state index is 0.225. The molecule has 1 heterocycles. The van der Waals surface area contributed by atoms with Crippen molar-refractivity contribution < 1.29 is 0 Å². The molecule has 0 bridgehead atoms. The monoisotopic (exact) mass is 687 g/mol. The van der Waals surface area contributed by atoms with Gasteiger partial charge in [-0.3, -0.25) is 0 Å². The Morgan fingerprint density at radius 3 is 1.58 bits per heavy atom. The second kappa shape index (κ2) is 16.2. The number of anilines is 1. The maximum absolute atomic E-state index is 4.82. The molecule has 0 aromatic heterocycles. The molecule has 7 rings (SSSR count). The van der Waals surface area contributed by atoms with Gasteiger partial charge in [-0.05, 0) is 89.3 Å². The Kier molecular flexibility index (Phi) is 10.8. The molecule has 262 valence electrons. The summed E-state index contributed by atoms with van der Waals surface area (Å²) in [5, 5.41) is 0. The minimum Gasteiger partial charge on any atom is -0.347 e. The predicted octanol–water partition coefficient (Wildman–Crippen LogP) is 12.1. The van der Waals surface area contributed by atoms with Crippen molar-refractivity contribution in [1.82, 2.24) is 0 Å². The number of likely N-dealkylation sites (N-methyl/N-ethyl adjacent to an activating group) is 1. The van der Waals surface area contributed by atoms with Gasteiger partial charge in [0, 0.05) is 29.3 Å². The Labute approximate surface area is 317 Å². The van der Waals surface area contributed by atoms with Gasteiger partial charge < -0.3 is 4.90 Å². The van der Waals surface area contributed by atoms with Gasteiger partial charge in [0.15, 0.2) is 0 Å². The molecule has 1 aliphatic heterocycles. The number of aryl methyl sites for hydroxylation is 1. The maximum Gasteiger partial charge on any atom is 0.0456 e. The highest BCUT2D eigenvalue weighted by molar-refractivity contribution is 5.72. The summed E-state index contributed by atoms with van der Waals surface area (Å²) in [5.41, 5.74) is 12.4. The quantitative estimate of drug-likeness (QED) is 0.109. The first-order valence-corrected chi connectivity index (χ1v) is 18.8. The van der Waals surface area contributed by atoms with Crippen LogP contribution < -0.4 is 4.90 Å². The molecule has 0 N–H and O–H groups in total. The van der Waals surface area contributed by atoms with Crippen LogP contribution >= 0.6 is 0 Å². The highest BCUT2D eigenvalue weighted by atomic mass is 15.2. The summed E-state index contributed by atoms with van der Waals surface area (Å²) in [5.74, 6) is 0. The van der Waals surface area contributed by atoms with Gasteiger partial charge in [0.25, 0.3) is 0 Å². The number of rotatable bonds is 13. The first-order chi connectivity index (χ1) is 26.0. The largest absolute Gasteiger partial charge is 0.347 e. The van der Waals surface area contributed by atoms with E-state index in [2.05, 4.69) is 219 Å². The molecule has 0 aliphatic carbocycles. The van der Waals surface area contributed by atoms with E-state index in [4.69, 9.17) is 6.58 Å². The highest BCUT2D eigenvalue weighted by Gasteiger charge is 2.45. The Bertz CT molecular complexity index is 2120. The number of nitrogens with zero attached hydrogens (tertiary/aromatic N) is 1. The number of fused-ring (bicyclic) bond motifs is 1. The molecular weight excluding hydrogens is 639 g/mol. The number of allylic oxidation sites excluding steroid dienone is 7. The fraction of sp³-hybridized carbons (Fsp3) is 0.154. The van der Waals surface area contributed by atoms with E-state index < -0.39 is 0 Å². The van der Waals surface area contributed by atoms with Crippen LogP contribution in [0.4, 0.5) is 5.69 Å². The third-order valence-electron chi connectivity index (χ3n) is 11.1. The molecule has 1 nitrogen and oxygen atoms in total. The molecule has 0 amide bonds. The van der Waals surface area contributed by atoms with Crippen molar-refractivity contribution in [2.75, 3.05) is 11.9 Å². The van der Waals surface area contributed by atoms with Crippen LogP contribution in [-0.4, -0.2) is 7.05 Å². The van der Waals surface area contributed by atoms with Crippen LogP contribution in [-0.2, 0) is 36.5 Å². The first kappa shape index (κ1) is 35.5. The fourth-order valence-electron chi connectivity index (χ4n) is 8.55. The molecule has 6 aromatic carbocycles. The minimum atomic E-state index is -0.329. The molecule has 53 heavy (non-hydrogen) atoms. The molecule has 0 saturated carbocycles. The standard InChI is InChI=1S/C52H49N/c1-41-23-19-20-33-47(41)51(37-43-25-10-5-11-26-43,38-44-27-12-6-13-28-44)42(2)24-9-4-18-36-50-52(39-45-29-14-7-15-30-45,40-46-31-16-8-17-32-46)48-34-21-22-35-49(48)53(50)3/h4-36H,2,37-40H2,1,3H3/b18-4+,24-9+,50-36+. The lowest BCUT2D eigenvalue weighted by Gasteiger charge is -2.37. The Hall–Kier alpha value is -5.92. The average molecular weight is 688 g/mol. The summed E-state index contributed by atoms with van der Waals surface area (Å²) in [6.07, 6.45) is 14.7. The van der Waals surface area contributed by atoms with E-state index in [1.807, 2.05) is 0 Å². The lowest BCUT2D eigenvalue weighted by atomic mass is 9.65. The highest BCUT2D eigenvalue weighted by Crippen LogP contribution is 2.51. The summed E-state index contributed by atoms with van der Waals surface area (Å²) in [6, 6.07) is 61.4. The van der Waals surface area contributed by atoms with Gasteiger partial charge in [0.2, 0.25) is 0 Å². The van der Waals surface area contributed by atoms with E-state index in [-0.39, 0.29) is 10.8 Å². The van der Waals surface area contributed by atoms with Gasteiger partial charge >= 0.3 is 0 Å². The van der Waals surface area contributed by atoms with E-state index >= 15 is 0 Å². The summed E-state index contributed by atoms with van der Waals surface area (Å²) in [6.45, 7) is 7.06. The first-order valence-electron chi connectivity index (χ1n) is 18.8. The lowest BCUT2D eigenvalue weighted by molar-refractivity contribution is 0.504. The molecular formula is C52H49N. The van der Waals surface area contributed by atoms with Crippen LogP contribution in [0.5, 0.6) is 0 Å². The van der Waals surface area contributed by atoms with Crippen LogP contribution in [0.3, 0.4) is 0 Å². The van der Waals surface area contributed by atoms with E-state index in [1.54, 1.807) is 0 Å². The smallest absolute Gasteiger partial charge is 0.0456 e. The van der Waals surface area contributed by atoms with Gasteiger partial charge in [-0.25, -0.2) is 0 Å². The topological polar surface area (TPSA) is 3.24 Å². The number of para-hydroxylation sites is 1. The summed E-state index contributed by atoms with van der Waals surface area (Å²) in [7, 11) is 2.22. The number of hydrogen-bond donors (Lipinski definition) is 0. The van der Waals surface area contributed by atoms with E-state index in [0.717, 1.165) is 31.3 Å². The molecule has 1 heteroatoms. The van der Waals surface area contributed by atoms with Crippen molar-refractivity contribution in [2.24, 2.45) is 0 Å². The van der Waals surface area contributed by atoms with Crippen LogP contribution in [0.25, 0.3) is 0 Å². The van der Waals surface area contributed by atoms with Crippen LogP contribution in [0.2, 0.25) is 0 Å². The van der Waals surface area contributed by atoms with Crippen molar-refractivity contribution in [1.29, 1.82) is 0 Å². The fourth-order valence-corrected chi connectivity index (χ4v) is 8.55. The van der Waals surface area contributed by atoms with Crippen molar-refractivity contribution in [3.63, 3.8) is 0 Å². The van der Waals surface area contributed by atoms with Crippen molar-refractivity contribution in [2.45, 2.75) is 43.4 Å². The molecule has 0 atom stereocenters. The van der Waals surface area contributed by atoms with Gasteiger partial charge in [-0.1, -0.05) is 195 Å². The van der Waals surface area contributed by atoms with Gasteiger partial charge in [-0.2, -0.15) is 0 Å². The molecule has 0 spiro atoms. The predicted molar refractivity (Wildman–Crippen MR) is 225 cm³/mol. The number of benzene rings is 6. The van der Waals surface area contributed by atoms with Crippen molar-refractivity contribution in [3.8, 4) is 0 Å². The van der Waals surface area contributed by atoms with E-state index in [9.17, 15) is 0 Å². The second-order valence-corrected chi connectivity index (χ2v) is 14.5. The molecule has 0 radical (unpaired) electrons. The van der Waals surface area contributed by atoms with Gasteiger partial charge in [-0.15, -0.1) is 0 Å². The summed E-state index contributed by atoms with van der Waals surface area (Å²) < 4.78 is 0. The molecule has 1 aliphatic rings. The lowest BCUT2D eigenvalue weighted by Crippen LogP contribution is -2.34. The Balaban J connectivity index is 1.27. The average Bonchev–Trinajstić information content (AvgIpc) is 3.41. The van der Waals surface area contributed by atoms with Gasteiger partial charge in [0.1, 0.15) is 0 Å². The summed E-state index contributed by atoms with van der Waals surface area (Å²) in [4.78, 5) is 2.40. The molecule has 0 saturated heterocycles. The number of hydrogen-bond acceptors (Lipinski definition) is 1. The molecule has 0 unspecified atom stereocenters. The molecule has 6 aromatic rings. The Morgan fingerprint density at radius 1 is 0.566 bits per heavy atom. The van der Waals surface area contributed by atoms with E-state index in [0.29, 0.717) is 0 Å². The van der Waals surface area contributed by atoms with Crippen LogP contribution in [0.1, 0.15) is 38.9 Å². The van der Waals surface area contributed by atoms with Crippen molar-refractivity contribution in [3.05, 3.63) is 257 Å². The summed E-state index contributed by atoms with van der Waals surface area (Å²) >= 11 is 0. The third-order valence-corrected chi connectivity index (χ3v) is 11.1. The zero-order valence-electron chi connectivity index (χ0n) is 31.0. The van der Waals surface area contributed by atoms with Crippen LogP contribution in [0, 0.1) is 6.92 Å². The van der Waals surface area contributed by atoms with Crippen LogP contribution in [0.15, 0.2) is 218 Å². The van der Waals surface area contributed by atoms with E-state index in [1.165, 1.54) is 50.3 Å². The third kappa shape index (κ3) is 7.66. The van der Waals surface area contributed by atoms with Crippen molar-refractivity contribution >= 4 is 5.69 Å². The zero-order valence-corrected chi connectivity index (χ0v) is 31.0. The normalized spacial score (nSPS) is 14.6. The van der Waals surface area contributed by atoms with Gasteiger partial charge in [0.05, 0.1) is 0 Å².